The Morgan fingerprint density at radius 2 is 1.89 bits per heavy atom. The number of aromatic nitrogens is 2. The number of aryl methyl sites for hydroxylation is 1. The van der Waals surface area contributed by atoms with Crippen LogP contribution in [0.15, 0.2) is 34.9 Å². The fourth-order valence-corrected chi connectivity index (χ4v) is 7.03. The van der Waals surface area contributed by atoms with Crippen molar-refractivity contribution in [2.45, 2.75) is 83.0 Å². The van der Waals surface area contributed by atoms with Crippen molar-refractivity contribution in [1.82, 2.24) is 15.0 Å². The van der Waals surface area contributed by atoms with Gasteiger partial charge in [0, 0.05) is 43.7 Å². The van der Waals surface area contributed by atoms with Crippen LogP contribution in [0.1, 0.15) is 87.9 Å². The van der Waals surface area contributed by atoms with Gasteiger partial charge in [0.2, 0.25) is 17.7 Å². The third kappa shape index (κ3) is 5.71. The summed E-state index contributed by atoms with van der Waals surface area (Å²) in [5, 5.41) is 4.09. The summed E-state index contributed by atoms with van der Waals surface area (Å²) in [6.45, 7) is 2.65. The van der Waals surface area contributed by atoms with E-state index in [1.807, 2.05) is 25.1 Å². The Kier molecular flexibility index (Phi) is 8.01. The summed E-state index contributed by atoms with van der Waals surface area (Å²) < 4.78 is 5.69. The fraction of sp³-hybridized carbons (Fsp3) is 0.613. The summed E-state index contributed by atoms with van der Waals surface area (Å²) in [7, 11) is 3.49. The van der Waals surface area contributed by atoms with Crippen molar-refractivity contribution >= 4 is 23.6 Å². The molecule has 3 saturated carbocycles. The molecule has 3 aliphatic rings. The normalized spacial score (nSPS) is 25.9. The first kappa shape index (κ1) is 26.6. The smallest absolute Gasteiger partial charge is 0.246 e. The summed E-state index contributed by atoms with van der Waals surface area (Å²) >= 11 is 0. The van der Waals surface area contributed by atoms with E-state index in [9.17, 15) is 9.59 Å². The minimum atomic E-state index is -0.0510. The van der Waals surface area contributed by atoms with E-state index in [1.165, 1.54) is 19.3 Å². The van der Waals surface area contributed by atoms with Gasteiger partial charge in [-0.25, -0.2) is 0 Å². The lowest BCUT2D eigenvalue weighted by atomic mass is 9.58. The zero-order valence-corrected chi connectivity index (χ0v) is 23.2. The van der Waals surface area contributed by atoms with Gasteiger partial charge in [0.05, 0.1) is 0 Å². The molecule has 1 aromatic heterocycles. The Hall–Kier alpha value is -2.96. The Balaban J connectivity index is 1.38. The molecule has 3 fully saturated rings. The van der Waals surface area contributed by atoms with Crippen LogP contribution in [0.4, 0.5) is 5.69 Å². The van der Waals surface area contributed by atoms with E-state index in [-0.39, 0.29) is 23.1 Å². The molecule has 2 aromatic rings. The average molecular weight is 519 g/mol. The number of amides is 2. The maximum Gasteiger partial charge on any atom is 0.246 e. The zero-order chi connectivity index (χ0) is 26.7. The largest absolute Gasteiger partial charge is 0.345 e. The van der Waals surface area contributed by atoms with Crippen molar-refractivity contribution in [3.05, 3.63) is 47.6 Å². The lowest BCUT2D eigenvalue weighted by Gasteiger charge is -2.48. The first-order valence-corrected chi connectivity index (χ1v) is 14.5. The van der Waals surface area contributed by atoms with Crippen LogP contribution in [0.5, 0.6) is 0 Å². The summed E-state index contributed by atoms with van der Waals surface area (Å²) in [6.07, 6.45) is 15.6. The summed E-state index contributed by atoms with van der Waals surface area (Å²) in [5.41, 5.74) is 1.88. The second-order valence-corrected chi connectivity index (χ2v) is 12.0. The molecule has 204 valence electrons. The van der Waals surface area contributed by atoms with E-state index in [4.69, 9.17) is 4.52 Å². The molecule has 3 aliphatic carbocycles. The van der Waals surface area contributed by atoms with Gasteiger partial charge in [-0.3, -0.25) is 9.59 Å². The Labute approximate surface area is 226 Å². The van der Waals surface area contributed by atoms with Crippen LogP contribution in [0, 0.1) is 24.7 Å². The zero-order valence-electron chi connectivity index (χ0n) is 23.2. The standard InChI is InChI=1S/C31H42N4O3/c1-22-32-30(38-33-22)31-17-8-12-25(20-31)26(16-18-31)21-35(29(37)24-10-5-4-6-11-24)27-13-7-9-23(19-27)14-15-28(36)34(2)3/h7,9,13-15,19,24-26H,4-6,8,10-12,16-18,20-21H2,1-3H3/b15-14+. The first-order chi connectivity index (χ1) is 18.3. The fourth-order valence-electron chi connectivity index (χ4n) is 7.03. The number of nitrogens with zero attached hydrogens (tertiary/aromatic N) is 4. The minimum absolute atomic E-state index is 0.00255. The van der Waals surface area contributed by atoms with Crippen molar-refractivity contribution in [2.24, 2.45) is 17.8 Å². The molecular formula is C31H42N4O3. The van der Waals surface area contributed by atoms with E-state index >= 15 is 0 Å². The number of carbonyl (C=O) groups is 2. The van der Waals surface area contributed by atoms with Crippen molar-refractivity contribution < 1.29 is 14.1 Å². The van der Waals surface area contributed by atoms with Crippen LogP contribution < -0.4 is 4.90 Å². The van der Waals surface area contributed by atoms with Crippen LogP contribution in [-0.4, -0.2) is 47.5 Å². The van der Waals surface area contributed by atoms with Crippen LogP contribution in [-0.2, 0) is 15.0 Å². The number of hydrogen-bond donors (Lipinski definition) is 0. The number of anilines is 1. The number of carbonyl (C=O) groups excluding carboxylic acids is 2. The lowest BCUT2D eigenvalue weighted by molar-refractivity contribution is -0.124. The molecule has 7 nitrogen and oxygen atoms in total. The molecule has 5 rings (SSSR count). The maximum atomic E-state index is 14.0. The van der Waals surface area contributed by atoms with E-state index in [1.54, 1.807) is 25.1 Å². The number of rotatable bonds is 7. The molecule has 0 aliphatic heterocycles. The van der Waals surface area contributed by atoms with Crippen molar-refractivity contribution in [1.29, 1.82) is 0 Å². The van der Waals surface area contributed by atoms with Gasteiger partial charge < -0.3 is 14.3 Å². The highest BCUT2D eigenvalue weighted by atomic mass is 16.5. The third-order valence-corrected chi connectivity index (χ3v) is 9.20. The molecule has 1 heterocycles. The topological polar surface area (TPSA) is 79.5 Å². The predicted octanol–water partition coefficient (Wildman–Crippen LogP) is 5.93. The molecule has 2 bridgehead atoms. The SMILES string of the molecule is Cc1noc(C23CCCC(C2)C(CN(C(=O)C2CCCCC2)c2cccc(/C=C/C(=O)N(C)C)c2)CC3)n1. The van der Waals surface area contributed by atoms with Crippen molar-refractivity contribution in [2.75, 3.05) is 25.5 Å². The Morgan fingerprint density at radius 3 is 2.63 bits per heavy atom. The molecule has 3 atom stereocenters. The van der Waals surface area contributed by atoms with Crippen molar-refractivity contribution in [3.63, 3.8) is 0 Å². The van der Waals surface area contributed by atoms with Crippen molar-refractivity contribution in [3.8, 4) is 0 Å². The predicted molar refractivity (Wildman–Crippen MR) is 148 cm³/mol. The summed E-state index contributed by atoms with van der Waals surface area (Å²) in [5.74, 6) is 2.86. The molecule has 3 unspecified atom stereocenters. The van der Waals surface area contributed by atoms with Gasteiger partial charge in [0.25, 0.3) is 0 Å². The number of benzene rings is 1. The van der Waals surface area contributed by atoms with Gasteiger partial charge in [-0.2, -0.15) is 4.98 Å². The maximum absolute atomic E-state index is 14.0. The second kappa shape index (κ2) is 11.4. The molecule has 1 aromatic carbocycles. The van der Waals surface area contributed by atoms with Gasteiger partial charge in [-0.1, -0.05) is 49.4 Å². The van der Waals surface area contributed by atoms with Gasteiger partial charge in [-0.05, 0) is 81.1 Å². The van der Waals surface area contributed by atoms with Crippen LogP contribution >= 0.6 is 0 Å². The molecule has 7 heteroatoms. The van der Waals surface area contributed by atoms with Gasteiger partial charge >= 0.3 is 0 Å². The quantitative estimate of drug-likeness (QED) is 0.425. The van der Waals surface area contributed by atoms with E-state index in [0.29, 0.717) is 17.7 Å². The Morgan fingerprint density at radius 1 is 1.08 bits per heavy atom. The third-order valence-electron chi connectivity index (χ3n) is 9.20. The molecule has 2 amide bonds. The lowest BCUT2D eigenvalue weighted by Crippen LogP contribution is -2.47. The van der Waals surface area contributed by atoms with E-state index in [0.717, 1.165) is 75.1 Å². The van der Waals surface area contributed by atoms with Crippen LogP contribution in [0.25, 0.3) is 6.08 Å². The number of fused-ring (bicyclic) bond motifs is 2. The van der Waals surface area contributed by atoms with E-state index in [2.05, 4.69) is 27.2 Å². The number of likely N-dealkylation sites (N-methyl/N-ethyl adjacent to an activating group) is 1. The molecule has 0 N–H and O–H groups in total. The minimum Gasteiger partial charge on any atom is -0.345 e. The highest BCUT2D eigenvalue weighted by Crippen LogP contribution is 2.52. The monoisotopic (exact) mass is 518 g/mol. The van der Waals surface area contributed by atoms with Gasteiger partial charge in [0.1, 0.15) is 0 Å². The van der Waals surface area contributed by atoms with Crippen LogP contribution in [0.3, 0.4) is 0 Å². The summed E-state index contributed by atoms with van der Waals surface area (Å²) in [6, 6.07) is 8.12. The van der Waals surface area contributed by atoms with Gasteiger partial charge in [-0.15, -0.1) is 0 Å². The highest BCUT2D eigenvalue weighted by Gasteiger charge is 2.48. The molecular weight excluding hydrogens is 476 g/mol. The second-order valence-electron chi connectivity index (χ2n) is 12.0. The van der Waals surface area contributed by atoms with E-state index < -0.39 is 0 Å². The first-order valence-electron chi connectivity index (χ1n) is 14.5. The molecule has 0 spiro atoms. The van der Waals surface area contributed by atoms with Gasteiger partial charge in [0.15, 0.2) is 5.82 Å². The number of hydrogen-bond acceptors (Lipinski definition) is 5. The average Bonchev–Trinajstić information content (AvgIpc) is 3.39. The Bertz CT molecular complexity index is 1170. The molecule has 0 radical (unpaired) electrons. The highest BCUT2D eigenvalue weighted by molar-refractivity contribution is 5.96. The summed E-state index contributed by atoms with van der Waals surface area (Å²) in [4.78, 5) is 34.4. The molecule has 0 saturated heterocycles. The molecule has 38 heavy (non-hydrogen) atoms. The van der Waals surface area contributed by atoms with Crippen LogP contribution in [0.2, 0.25) is 0 Å².